The molecule has 0 saturated carbocycles. The van der Waals surface area contributed by atoms with Gasteiger partial charge in [-0.25, -0.2) is 0 Å². The number of ether oxygens (including phenoxy) is 2. The van der Waals surface area contributed by atoms with Crippen molar-refractivity contribution in [3.05, 3.63) is 94.4 Å². The summed E-state index contributed by atoms with van der Waals surface area (Å²) in [7, 11) is 3.03. The summed E-state index contributed by atoms with van der Waals surface area (Å²) in [6.07, 6.45) is 1.48. The zero-order chi connectivity index (χ0) is 23.5. The molecule has 33 heavy (non-hydrogen) atoms. The number of hydrogen-bond acceptors (Lipinski definition) is 5. The van der Waals surface area contributed by atoms with Crippen LogP contribution in [0.1, 0.15) is 20.7 Å². The van der Waals surface area contributed by atoms with Crippen molar-refractivity contribution in [2.75, 3.05) is 19.5 Å². The highest BCUT2D eigenvalue weighted by molar-refractivity contribution is 6.12. The van der Waals surface area contributed by atoms with Crippen molar-refractivity contribution in [1.29, 1.82) is 0 Å². The van der Waals surface area contributed by atoms with E-state index in [-0.39, 0.29) is 11.1 Å². The summed E-state index contributed by atoms with van der Waals surface area (Å²) < 4.78 is 12.1. The fraction of sp³-hybridized carbons (Fsp3) is 0.0800. The van der Waals surface area contributed by atoms with Crippen molar-refractivity contribution in [2.24, 2.45) is 5.73 Å². The standard InChI is InChI=1S/C25H21N3O5/c1-32-17-11-12-22(33-2)21(13-17)28-14-20(18-5-3-4-6-19(18)25(28)31)24(30)27-16-9-7-15(8-10-16)23(26)29/h3-14H,1-2H3,(H2,26,29)(H,27,30). The molecule has 4 rings (SSSR count). The fourth-order valence-electron chi connectivity index (χ4n) is 3.55. The van der Waals surface area contributed by atoms with Gasteiger partial charge in [0.15, 0.2) is 0 Å². The Bertz CT molecular complexity index is 1420. The number of nitrogens with one attached hydrogen (secondary N) is 1. The second-order valence-corrected chi connectivity index (χ2v) is 7.20. The third-order valence-corrected chi connectivity index (χ3v) is 5.24. The Kier molecular flexibility index (Phi) is 5.82. The lowest BCUT2D eigenvalue weighted by molar-refractivity contribution is 0.0998. The predicted octanol–water partition coefficient (Wildman–Crippen LogP) is 3.36. The summed E-state index contributed by atoms with van der Waals surface area (Å²) >= 11 is 0. The number of pyridine rings is 1. The molecule has 166 valence electrons. The topological polar surface area (TPSA) is 113 Å². The number of benzene rings is 3. The van der Waals surface area contributed by atoms with Crippen LogP contribution in [0.15, 0.2) is 77.7 Å². The van der Waals surface area contributed by atoms with Gasteiger partial charge in [0.2, 0.25) is 5.91 Å². The quantitative estimate of drug-likeness (QED) is 0.475. The summed E-state index contributed by atoms with van der Waals surface area (Å²) in [4.78, 5) is 37.9. The monoisotopic (exact) mass is 443 g/mol. The van der Waals surface area contributed by atoms with E-state index in [2.05, 4.69) is 5.32 Å². The zero-order valence-electron chi connectivity index (χ0n) is 18.0. The van der Waals surface area contributed by atoms with Crippen molar-refractivity contribution in [2.45, 2.75) is 0 Å². The van der Waals surface area contributed by atoms with Crippen molar-refractivity contribution < 1.29 is 19.1 Å². The van der Waals surface area contributed by atoms with Gasteiger partial charge in [-0.3, -0.25) is 19.0 Å². The number of nitrogens with zero attached hydrogens (tertiary/aromatic N) is 1. The van der Waals surface area contributed by atoms with Gasteiger partial charge in [0.05, 0.1) is 25.5 Å². The molecule has 0 aliphatic rings. The van der Waals surface area contributed by atoms with Gasteiger partial charge in [0, 0.05) is 34.3 Å². The number of nitrogens with two attached hydrogens (primary N) is 1. The molecule has 0 aliphatic heterocycles. The summed E-state index contributed by atoms with van der Waals surface area (Å²) in [6.45, 7) is 0. The lowest BCUT2D eigenvalue weighted by atomic mass is 10.1. The van der Waals surface area contributed by atoms with E-state index >= 15 is 0 Å². The number of methoxy groups -OCH3 is 2. The van der Waals surface area contributed by atoms with Crippen LogP contribution in [0.3, 0.4) is 0 Å². The minimum Gasteiger partial charge on any atom is -0.497 e. The Labute approximate surface area is 189 Å². The molecule has 1 heterocycles. The Morgan fingerprint density at radius 3 is 2.24 bits per heavy atom. The summed E-state index contributed by atoms with van der Waals surface area (Å²) in [6, 6.07) is 18.2. The van der Waals surface area contributed by atoms with Crippen LogP contribution in [0.25, 0.3) is 16.5 Å². The minimum atomic E-state index is -0.557. The van der Waals surface area contributed by atoms with Crippen LogP contribution in [-0.2, 0) is 0 Å². The smallest absolute Gasteiger partial charge is 0.263 e. The molecule has 0 bridgehead atoms. The van der Waals surface area contributed by atoms with Crippen LogP contribution in [-0.4, -0.2) is 30.6 Å². The number of carbonyl (C=O) groups excluding carboxylic acids is 2. The molecule has 4 aromatic rings. The van der Waals surface area contributed by atoms with E-state index in [1.807, 2.05) is 0 Å². The highest BCUT2D eigenvalue weighted by atomic mass is 16.5. The Morgan fingerprint density at radius 2 is 1.61 bits per heavy atom. The van der Waals surface area contributed by atoms with Gasteiger partial charge in [0.1, 0.15) is 11.5 Å². The fourth-order valence-corrected chi connectivity index (χ4v) is 3.55. The van der Waals surface area contributed by atoms with E-state index in [1.54, 1.807) is 54.6 Å². The SMILES string of the molecule is COc1ccc(OC)c(-n2cc(C(=O)Nc3ccc(C(N)=O)cc3)c3ccccc3c2=O)c1. The van der Waals surface area contributed by atoms with Crippen molar-refractivity contribution >= 4 is 28.3 Å². The van der Waals surface area contributed by atoms with Crippen LogP contribution < -0.4 is 26.1 Å². The van der Waals surface area contributed by atoms with Crippen molar-refractivity contribution in [1.82, 2.24) is 4.57 Å². The molecule has 1 aromatic heterocycles. The second-order valence-electron chi connectivity index (χ2n) is 7.20. The third-order valence-electron chi connectivity index (χ3n) is 5.24. The first kappa shape index (κ1) is 21.6. The molecule has 0 aliphatic carbocycles. The average Bonchev–Trinajstić information content (AvgIpc) is 2.84. The van der Waals surface area contributed by atoms with Gasteiger partial charge >= 0.3 is 0 Å². The van der Waals surface area contributed by atoms with Gasteiger partial charge in [-0.15, -0.1) is 0 Å². The van der Waals surface area contributed by atoms with E-state index in [0.29, 0.717) is 39.2 Å². The Hall–Kier alpha value is -4.59. The van der Waals surface area contributed by atoms with Crippen molar-refractivity contribution in [3.8, 4) is 17.2 Å². The number of primary amides is 1. The van der Waals surface area contributed by atoms with Crippen LogP contribution in [0, 0.1) is 0 Å². The third kappa shape index (κ3) is 4.14. The lowest BCUT2D eigenvalue weighted by Gasteiger charge is -2.16. The van der Waals surface area contributed by atoms with E-state index in [1.165, 1.54) is 37.1 Å². The molecule has 0 unspecified atom stereocenters. The summed E-state index contributed by atoms with van der Waals surface area (Å²) in [5, 5.41) is 3.68. The molecule has 0 spiro atoms. The normalized spacial score (nSPS) is 10.6. The largest absolute Gasteiger partial charge is 0.497 e. The maximum Gasteiger partial charge on any atom is 0.263 e. The van der Waals surface area contributed by atoms with E-state index in [4.69, 9.17) is 15.2 Å². The molecule has 0 atom stereocenters. The van der Waals surface area contributed by atoms with Crippen LogP contribution in [0.5, 0.6) is 11.5 Å². The maximum absolute atomic E-state index is 13.3. The maximum atomic E-state index is 13.3. The number of fused-ring (bicyclic) bond motifs is 1. The first-order chi connectivity index (χ1) is 15.9. The van der Waals surface area contributed by atoms with Crippen LogP contribution in [0.4, 0.5) is 5.69 Å². The number of amides is 2. The number of hydrogen-bond donors (Lipinski definition) is 2. The van der Waals surface area contributed by atoms with Gasteiger partial charge in [-0.05, 0) is 42.5 Å². The zero-order valence-corrected chi connectivity index (χ0v) is 18.0. The highest BCUT2D eigenvalue weighted by Gasteiger charge is 2.18. The van der Waals surface area contributed by atoms with E-state index < -0.39 is 11.8 Å². The molecule has 0 saturated heterocycles. The number of aromatic nitrogens is 1. The minimum absolute atomic E-state index is 0.286. The molecule has 0 fully saturated rings. The molecular formula is C25H21N3O5. The van der Waals surface area contributed by atoms with Crippen molar-refractivity contribution in [3.63, 3.8) is 0 Å². The Balaban J connectivity index is 1.86. The van der Waals surface area contributed by atoms with Gasteiger partial charge in [-0.2, -0.15) is 0 Å². The molecule has 8 heteroatoms. The molecular weight excluding hydrogens is 422 g/mol. The van der Waals surface area contributed by atoms with Gasteiger partial charge in [-0.1, -0.05) is 18.2 Å². The molecule has 0 radical (unpaired) electrons. The van der Waals surface area contributed by atoms with Crippen LogP contribution in [0.2, 0.25) is 0 Å². The average molecular weight is 443 g/mol. The molecule has 3 aromatic carbocycles. The van der Waals surface area contributed by atoms with E-state index in [0.717, 1.165) is 0 Å². The second kappa shape index (κ2) is 8.88. The highest BCUT2D eigenvalue weighted by Crippen LogP contribution is 2.28. The number of carbonyl (C=O) groups is 2. The molecule has 8 nitrogen and oxygen atoms in total. The summed E-state index contributed by atoms with van der Waals surface area (Å²) in [5.41, 5.74) is 6.50. The van der Waals surface area contributed by atoms with E-state index in [9.17, 15) is 14.4 Å². The lowest BCUT2D eigenvalue weighted by Crippen LogP contribution is -2.23. The molecule has 3 N–H and O–H groups in total. The summed E-state index contributed by atoms with van der Waals surface area (Å²) in [5.74, 6) is -0.000183. The van der Waals surface area contributed by atoms with Crippen LogP contribution >= 0.6 is 0 Å². The number of anilines is 1. The first-order valence-electron chi connectivity index (χ1n) is 10.0. The van der Waals surface area contributed by atoms with Gasteiger partial charge in [0.25, 0.3) is 11.5 Å². The Morgan fingerprint density at radius 1 is 0.909 bits per heavy atom. The predicted molar refractivity (Wildman–Crippen MR) is 126 cm³/mol. The first-order valence-corrected chi connectivity index (χ1v) is 10.0. The number of rotatable bonds is 6. The molecule has 2 amide bonds. The van der Waals surface area contributed by atoms with Gasteiger partial charge < -0.3 is 20.5 Å².